The van der Waals surface area contributed by atoms with E-state index in [9.17, 15) is 21.6 Å². The van der Waals surface area contributed by atoms with E-state index >= 15 is 0 Å². The first-order valence-corrected chi connectivity index (χ1v) is 14.0. The van der Waals surface area contributed by atoms with Gasteiger partial charge >= 0.3 is 0 Å². The zero-order chi connectivity index (χ0) is 25.1. The van der Waals surface area contributed by atoms with E-state index in [-0.39, 0.29) is 26.7 Å². The van der Waals surface area contributed by atoms with Gasteiger partial charge in [0.05, 0.1) is 26.6 Å². The molecule has 1 amide bonds. The highest BCUT2D eigenvalue weighted by molar-refractivity contribution is 7.89. The lowest BCUT2D eigenvalue weighted by atomic mass is 10.2. The molecule has 2 aromatic carbocycles. The Hall–Kier alpha value is -2.82. The summed E-state index contributed by atoms with van der Waals surface area (Å²) < 4.78 is 52.1. The van der Waals surface area contributed by atoms with E-state index in [2.05, 4.69) is 10.9 Å². The van der Waals surface area contributed by atoms with Crippen LogP contribution in [0.15, 0.2) is 57.2 Å². The summed E-state index contributed by atoms with van der Waals surface area (Å²) in [6.45, 7) is 2.50. The standard InChI is InChI=1S/C22H24N4O5S3/c1-4-6-14-25(3)34(30,31)17-9-7-16(8-10-17)21(27)24-22-26(13-5-2)19-12-11-18(33(23,28)29)15-20(19)32-22/h2,7-12,15H,4,6,13-14H2,1,3H3,(H2,23,28,29). The predicted octanol–water partition coefficient (Wildman–Crippen LogP) is 2.15. The Morgan fingerprint density at radius 3 is 2.38 bits per heavy atom. The zero-order valence-electron chi connectivity index (χ0n) is 18.6. The number of sulfonamides is 2. The average molecular weight is 521 g/mol. The Balaban J connectivity index is 1.98. The van der Waals surface area contributed by atoms with Crippen LogP contribution in [0, 0.1) is 12.3 Å². The van der Waals surface area contributed by atoms with Gasteiger partial charge in [0, 0.05) is 19.2 Å². The fourth-order valence-corrected chi connectivity index (χ4v) is 6.05. The third kappa shape index (κ3) is 5.45. The molecule has 0 bridgehead atoms. The maximum Gasteiger partial charge on any atom is 0.279 e. The molecular weight excluding hydrogens is 496 g/mol. The van der Waals surface area contributed by atoms with E-state index in [0.717, 1.165) is 24.2 Å². The van der Waals surface area contributed by atoms with Crippen LogP contribution in [0.4, 0.5) is 0 Å². The van der Waals surface area contributed by atoms with Crippen molar-refractivity contribution in [3.8, 4) is 12.3 Å². The molecule has 0 aliphatic carbocycles. The van der Waals surface area contributed by atoms with Crippen LogP contribution >= 0.6 is 11.3 Å². The van der Waals surface area contributed by atoms with Gasteiger partial charge in [-0.25, -0.2) is 26.3 Å². The second-order valence-electron chi connectivity index (χ2n) is 7.47. The molecule has 2 N–H and O–H groups in total. The second kappa shape index (κ2) is 10.2. The largest absolute Gasteiger partial charge is 0.305 e. The first-order valence-electron chi connectivity index (χ1n) is 10.2. The van der Waals surface area contributed by atoms with Crippen molar-refractivity contribution < 1.29 is 21.6 Å². The number of aromatic nitrogens is 1. The summed E-state index contributed by atoms with van der Waals surface area (Å²) >= 11 is 1.09. The molecule has 12 heteroatoms. The minimum absolute atomic E-state index is 0.0623. The maximum atomic E-state index is 12.8. The number of nitrogens with two attached hydrogens (primary N) is 1. The average Bonchev–Trinajstić information content (AvgIpc) is 3.13. The van der Waals surface area contributed by atoms with Crippen LogP contribution in [0.5, 0.6) is 0 Å². The van der Waals surface area contributed by atoms with Crippen molar-refractivity contribution in [2.24, 2.45) is 10.1 Å². The molecule has 1 heterocycles. The third-order valence-electron chi connectivity index (χ3n) is 5.07. The van der Waals surface area contributed by atoms with Crippen LogP contribution < -0.4 is 9.94 Å². The lowest BCUT2D eigenvalue weighted by Crippen LogP contribution is -2.27. The summed E-state index contributed by atoms with van der Waals surface area (Å²) in [5, 5.41) is 5.21. The quantitative estimate of drug-likeness (QED) is 0.455. The number of hydrogen-bond acceptors (Lipinski definition) is 6. The van der Waals surface area contributed by atoms with Gasteiger partial charge in [-0.2, -0.15) is 4.99 Å². The number of benzene rings is 2. The van der Waals surface area contributed by atoms with Gasteiger partial charge < -0.3 is 4.57 Å². The zero-order valence-corrected chi connectivity index (χ0v) is 21.1. The lowest BCUT2D eigenvalue weighted by Gasteiger charge is -2.16. The Morgan fingerprint density at radius 1 is 1.15 bits per heavy atom. The number of rotatable bonds is 8. The number of primary sulfonamides is 1. The molecule has 0 radical (unpaired) electrons. The Morgan fingerprint density at radius 2 is 1.79 bits per heavy atom. The van der Waals surface area contributed by atoms with Gasteiger partial charge in [0.2, 0.25) is 20.0 Å². The topological polar surface area (TPSA) is 132 Å². The second-order valence-corrected chi connectivity index (χ2v) is 12.1. The van der Waals surface area contributed by atoms with Crippen molar-refractivity contribution in [3.63, 3.8) is 0 Å². The monoisotopic (exact) mass is 520 g/mol. The van der Waals surface area contributed by atoms with E-state index in [1.54, 1.807) is 10.6 Å². The highest BCUT2D eigenvalue weighted by atomic mass is 32.2. The first kappa shape index (κ1) is 25.8. The molecule has 0 spiro atoms. The van der Waals surface area contributed by atoms with E-state index < -0.39 is 26.0 Å². The normalized spacial score (nSPS) is 12.9. The summed E-state index contributed by atoms with van der Waals surface area (Å²) in [6.07, 6.45) is 7.08. The van der Waals surface area contributed by atoms with Crippen molar-refractivity contribution in [1.29, 1.82) is 0 Å². The highest BCUT2D eigenvalue weighted by Crippen LogP contribution is 2.22. The van der Waals surface area contributed by atoms with Gasteiger partial charge in [-0.15, -0.1) is 6.42 Å². The molecule has 3 aromatic rings. The molecule has 180 valence electrons. The van der Waals surface area contributed by atoms with E-state index in [4.69, 9.17) is 11.6 Å². The van der Waals surface area contributed by atoms with Crippen LogP contribution in [-0.2, 0) is 26.6 Å². The predicted molar refractivity (Wildman–Crippen MR) is 131 cm³/mol. The van der Waals surface area contributed by atoms with Crippen LogP contribution in [0.25, 0.3) is 10.2 Å². The van der Waals surface area contributed by atoms with E-state index in [1.807, 2.05) is 6.92 Å². The van der Waals surface area contributed by atoms with E-state index in [0.29, 0.717) is 16.8 Å². The smallest absolute Gasteiger partial charge is 0.279 e. The minimum Gasteiger partial charge on any atom is -0.305 e. The van der Waals surface area contributed by atoms with Gasteiger partial charge in [-0.05, 0) is 48.9 Å². The van der Waals surface area contributed by atoms with Crippen molar-refractivity contribution in [2.45, 2.75) is 36.1 Å². The molecule has 3 rings (SSSR count). The number of carbonyl (C=O) groups excluding carboxylic acids is 1. The number of hydrogen-bond donors (Lipinski definition) is 1. The maximum absolute atomic E-state index is 12.8. The molecule has 0 fully saturated rings. The molecule has 0 saturated carbocycles. The van der Waals surface area contributed by atoms with E-state index in [1.165, 1.54) is 47.8 Å². The van der Waals surface area contributed by atoms with Crippen molar-refractivity contribution >= 4 is 47.5 Å². The minimum atomic E-state index is -3.90. The molecular formula is C22H24N4O5S3. The summed E-state index contributed by atoms with van der Waals surface area (Å²) in [4.78, 5) is 17.3. The third-order valence-corrected chi connectivity index (χ3v) is 8.89. The number of carbonyl (C=O) groups is 1. The fraction of sp³-hybridized carbons (Fsp3) is 0.273. The molecule has 0 saturated heterocycles. The highest BCUT2D eigenvalue weighted by Gasteiger charge is 2.20. The number of fused-ring (bicyclic) bond motifs is 1. The number of unbranched alkanes of at least 4 members (excludes halogenated alkanes) is 1. The summed E-state index contributed by atoms with van der Waals surface area (Å²) in [7, 11) is -6.03. The van der Waals surface area contributed by atoms with Gasteiger partial charge in [0.25, 0.3) is 5.91 Å². The van der Waals surface area contributed by atoms with Crippen LogP contribution in [-0.4, -0.2) is 45.2 Å². The molecule has 34 heavy (non-hydrogen) atoms. The number of thiazole rings is 1. The van der Waals surface area contributed by atoms with Crippen molar-refractivity contribution in [1.82, 2.24) is 8.87 Å². The lowest BCUT2D eigenvalue weighted by molar-refractivity contribution is 0.0997. The molecule has 0 unspecified atom stereocenters. The Labute approximate surface area is 202 Å². The van der Waals surface area contributed by atoms with Crippen molar-refractivity contribution in [3.05, 3.63) is 52.8 Å². The SMILES string of the molecule is C#CCn1c(=NC(=O)c2ccc(S(=O)(=O)N(C)CCCC)cc2)sc2cc(S(N)(=O)=O)ccc21. The van der Waals surface area contributed by atoms with Crippen LogP contribution in [0.2, 0.25) is 0 Å². The van der Waals surface area contributed by atoms with Crippen molar-refractivity contribution in [2.75, 3.05) is 13.6 Å². The summed E-state index contributed by atoms with van der Waals surface area (Å²) in [6, 6.07) is 9.88. The number of nitrogens with zero attached hydrogens (tertiary/aromatic N) is 3. The molecule has 0 atom stereocenters. The molecule has 0 aliphatic rings. The van der Waals surface area contributed by atoms with Gasteiger partial charge in [-0.3, -0.25) is 4.79 Å². The Bertz CT molecular complexity index is 1540. The van der Waals surface area contributed by atoms with Gasteiger partial charge in [0.1, 0.15) is 0 Å². The van der Waals surface area contributed by atoms with Crippen LogP contribution in [0.3, 0.4) is 0 Å². The number of terminal acetylenes is 1. The first-order chi connectivity index (χ1) is 16.0. The van der Waals surface area contributed by atoms with Crippen LogP contribution in [0.1, 0.15) is 30.1 Å². The fourth-order valence-electron chi connectivity index (χ4n) is 3.16. The summed E-state index contributed by atoms with van der Waals surface area (Å²) in [5.41, 5.74) is 0.809. The molecule has 0 aliphatic heterocycles. The molecule has 9 nitrogen and oxygen atoms in total. The Kier molecular flexibility index (Phi) is 7.74. The summed E-state index contributed by atoms with van der Waals surface area (Å²) in [5.74, 6) is 1.90. The van der Waals surface area contributed by atoms with Gasteiger partial charge in [-0.1, -0.05) is 30.6 Å². The number of amides is 1. The molecule has 1 aromatic heterocycles. The van der Waals surface area contributed by atoms with Gasteiger partial charge in [0.15, 0.2) is 4.80 Å².